The number of rotatable bonds is 3. The fourth-order valence-electron chi connectivity index (χ4n) is 2.01. The monoisotopic (exact) mass is 253 g/mol. The minimum Gasteiger partial charge on any atom is -0.444 e. The smallest absolute Gasteiger partial charge is 0.410 e. The van der Waals surface area contributed by atoms with Crippen LogP contribution in [0.5, 0.6) is 0 Å². The SMILES string of the molecule is CN(CCC1CCNC1C#N)C(=O)OC(C)(C)C. The Morgan fingerprint density at radius 2 is 2.22 bits per heavy atom. The van der Waals surface area contributed by atoms with Crippen molar-refractivity contribution in [2.45, 2.75) is 45.3 Å². The summed E-state index contributed by atoms with van der Waals surface area (Å²) in [4.78, 5) is 13.3. The molecule has 0 bridgehead atoms. The van der Waals surface area contributed by atoms with Crippen molar-refractivity contribution in [3.63, 3.8) is 0 Å². The quantitative estimate of drug-likeness (QED) is 0.832. The van der Waals surface area contributed by atoms with Gasteiger partial charge in [-0.3, -0.25) is 0 Å². The van der Waals surface area contributed by atoms with Crippen LogP contribution in [0, 0.1) is 17.2 Å². The maximum Gasteiger partial charge on any atom is 0.410 e. The van der Waals surface area contributed by atoms with Gasteiger partial charge < -0.3 is 15.0 Å². The Labute approximate surface area is 109 Å². The molecule has 0 radical (unpaired) electrons. The maximum atomic E-state index is 11.7. The van der Waals surface area contributed by atoms with Crippen LogP contribution in [0.4, 0.5) is 4.79 Å². The van der Waals surface area contributed by atoms with Crippen LogP contribution in [-0.2, 0) is 4.74 Å². The summed E-state index contributed by atoms with van der Waals surface area (Å²) in [5, 5.41) is 12.1. The summed E-state index contributed by atoms with van der Waals surface area (Å²) in [6.45, 7) is 7.07. The zero-order chi connectivity index (χ0) is 13.8. The number of amides is 1. The van der Waals surface area contributed by atoms with Gasteiger partial charge in [0.25, 0.3) is 0 Å². The van der Waals surface area contributed by atoms with Crippen LogP contribution in [0.25, 0.3) is 0 Å². The molecule has 1 fully saturated rings. The molecule has 1 heterocycles. The molecule has 0 aliphatic carbocycles. The molecule has 2 unspecified atom stereocenters. The summed E-state index contributed by atoms with van der Waals surface area (Å²) >= 11 is 0. The highest BCUT2D eigenvalue weighted by Crippen LogP contribution is 2.19. The Bertz CT molecular complexity index is 330. The summed E-state index contributed by atoms with van der Waals surface area (Å²) in [6.07, 6.45) is 1.53. The fourth-order valence-corrected chi connectivity index (χ4v) is 2.01. The maximum absolute atomic E-state index is 11.7. The van der Waals surface area contributed by atoms with E-state index in [1.54, 1.807) is 11.9 Å². The van der Waals surface area contributed by atoms with Gasteiger partial charge >= 0.3 is 6.09 Å². The second-order valence-corrected chi connectivity index (χ2v) is 5.80. The van der Waals surface area contributed by atoms with Crippen molar-refractivity contribution in [3.8, 4) is 6.07 Å². The lowest BCUT2D eigenvalue weighted by Gasteiger charge is -2.25. The number of hydrogen-bond donors (Lipinski definition) is 1. The van der Waals surface area contributed by atoms with Crippen LogP contribution in [0.1, 0.15) is 33.6 Å². The number of ether oxygens (including phenoxy) is 1. The number of carbonyl (C=O) groups excluding carboxylic acids is 1. The first-order valence-corrected chi connectivity index (χ1v) is 6.40. The average Bonchev–Trinajstić information content (AvgIpc) is 2.70. The molecule has 1 saturated heterocycles. The lowest BCUT2D eigenvalue weighted by atomic mass is 9.98. The highest BCUT2D eigenvalue weighted by atomic mass is 16.6. The van der Waals surface area contributed by atoms with E-state index in [4.69, 9.17) is 10.00 Å². The molecule has 102 valence electrons. The van der Waals surface area contributed by atoms with Crippen LogP contribution in [0.15, 0.2) is 0 Å². The molecule has 18 heavy (non-hydrogen) atoms. The third kappa shape index (κ3) is 4.53. The highest BCUT2D eigenvalue weighted by molar-refractivity contribution is 5.67. The van der Waals surface area contributed by atoms with Crippen molar-refractivity contribution < 1.29 is 9.53 Å². The number of hydrogen-bond acceptors (Lipinski definition) is 4. The van der Waals surface area contributed by atoms with Crippen LogP contribution >= 0.6 is 0 Å². The van der Waals surface area contributed by atoms with E-state index in [9.17, 15) is 4.79 Å². The predicted molar refractivity (Wildman–Crippen MR) is 69.0 cm³/mol. The summed E-state index contributed by atoms with van der Waals surface area (Å²) < 4.78 is 5.27. The van der Waals surface area contributed by atoms with E-state index in [2.05, 4.69) is 11.4 Å². The van der Waals surface area contributed by atoms with Gasteiger partial charge in [-0.25, -0.2) is 4.79 Å². The van der Waals surface area contributed by atoms with Gasteiger partial charge in [0.1, 0.15) is 5.60 Å². The molecule has 0 spiro atoms. The second-order valence-electron chi connectivity index (χ2n) is 5.80. The average molecular weight is 253 g/mol. The Morgan fingerprint density at radius 3 is 2.78 bits per heavy atom. The van der Waals surface area contributed by atoms with Gasteiger partial charge in [0.05, 0.1) is 12.1 Å². The number of nitrogens with one attached hydrogen (secondary N) is 1. The van der Waals surface area contributed by atoms with Crippen molar-refractivity contribution >= 4 is 6.09 Å². The van der Waals surface area contributed by atoms with E-state index >= 15 is 0 Å². The van der Waals surface area contributed by atoms with Gasteiger partial charge in [-0.05, 0) is 46.1 Å². The number of nitriles is 1. The third-order valence-electron chi connectivity index (χ3n) is 3.03. The molecule has 1 aliphatic heterocycles. The molecule has 2 atom stereocenters. The summed E-state index contributed by atoms with van der Waals surface area (Å²) in [5.74, 6) is 0.333. The lowest BCUT2D eigenvalue weighted by molar-refractivity contribution is 0.0290. The molecule has 0 saturated carbocycles. The molecule has 5 heteroatoms. The zero-order valence-electron chi connectivity index (χ0n) is 11.7. The molecular formula is C13H23N3O2. The molecule has 1 amide bonds. The van der Waals surface area contributed by atoms with Gasteiger partial charge in [-0.2, -0.15) is 5.26 Å². The Balaban J connectivity index is 2.35. The first-order valence-electron chi connectivity index (χ1n) is 6.40. The van der Waals surface area contributed by atoms with Gasteiger partial charge in [0, 0.05) is 13.6 Å². The van der Waals surface area contributed by atoms with Crippen molar-refractivity contribution in [1.82, 2.24) is 10.2 Å². The fraction of sp³-hybridized carbons (Fsp3) is 0.846. The van der Waals surface area contributed by atoms with E-state index in [-0.39, 0.29) is 12.1 Å². The number of nitrogens with zero attached hydrogens (tertiary/aromatic N) is 2. The minimum atomic E-state index is -0.463. The van der Waals surface area contributed by atoms with Crippen molar-refractivity contribution in [3.05, 3.63) is 0 Å². The Morgan fingerprint density at radius 1 is 1.56 bits per heavy atom. The molecule has 1 aliphatic rings. The first-order chi connectivity index (χ1) is 8.33. The van der Waals surface area contributed by atoms with Crippen LogP contribution in [-0.4, -0.2) is 42.8 Å². The van der Waals surface area contributed by atoms with E-state index in [0.717, 1.165) is 19.4 Å². The van der Waals surface area contributed by atoms with Crippen molar-refractivity contribution in [2.75, 3.05) is 20.1 Å². The van der Waals surface area contributed by atoms with Crippen LogP contribution in [0.2, 0.25) is 0 Å². The normalized spacial score (nSPS) is 23.5. The Kier molecular flexibility index (Phi) is 4.97. The Hall–Kier alpha value is -1.28. The first kappa shape index (κ1) is 14.8. The molecular weight excluding hydrogens is 230 g/mol. The molecule has 0 aromatic rings. The van der Waals surface area contributed by atoms with E-state index in [1.807, 2.05) is 20.8 Å². The lowest BCUT2D eigenvalue weighted by Crippen LogP contribution is -2.36. The van der Waals surface area contributed by atoms with Crippen molar-refractivity contribution in [2.24, 2.45) is 5.92 Å². The molecule has 5 nitrogen and oxygen atoms in total. The van der Waals surface area contributed by atoms with E-state index in [1.165, 1.54) is 0 Å². The summed E-state index contributed by atoms with van der Waals surface area (Å²) in [6, 6.07) is 2.19. The van der Waals surface area contributed by atoms with Crippen molar-refractivity contribution in [1.29, 1.82) is 5.26 Å². The second kappa shape index (κ2) is 6.05. The van der Waals surface area contributed by atoms with Gasteiger partial charge in [-0.1, -0.05) is 0 Å². The number of carbonyl (C=O) groups is 1. The topological polar surface area (TPSA) is 65.4 Å². The predicted octanol–water partition coefficient (Wildman–Crippen LogP) is 1.75. The standard InChI is InChI=1S/C13H23N3O2/c1-13(2,3)18-12(17)16(4)8-6-10-5-7-15-11(10)9-14/h10-11,15H,5-8H2,1-4H3. The highest BCUT2D eigenvalue weighted by Gasteiger charge is 2.27. The molecule has 1 N–H and O–H groups in total. The van der Waals surface area contributed by atoms with Gasteiger partial charge in [0.2, 0.25) is 0 Å². The van der Waals surface area contributed by atoms with Gasteiger partial charge in [0.15, 0.2) is 0 Å². The van der Waals surface area contributed by atoms with Gasteiger partial charge in [-0.15, -0.1) is 0 Å². The largest absolute Gasteiger partial charge is 0.444 e. The molecule has 0 aromatic heterocycles. The van der Waals surface area contributed by atoms with E-state index < -0.39 is 5.60 Å². The molecule has 1 rings (SSSR count). The minimum absolute atomic E-state index is 0.0722. The summed E-state index contributed by atoms with van der Waals surface area (Å²) in [5.41, 5.74) is -0.463. The van der Waals surface area contributed by atoms with E-state index in [0.29, 0.717) is 12.5 Å². The zero-order valence-corrected chi connectivity index (χ0v) is 11.7. The van der Waals surface area contributed by atoms with Crippen LogP contribution in [0.3, 0.4) is 0 Å². The van der Waals surface area contributed by atoms with Crippen LogP contribution < -0.4 is 5.32 Å². The third-order valence-corrected chi connectivity index (χ3v) is 3.03. The summed E-state index contributed by atoms with van der Waals surface area (Å²) in [7, 11) is 1.73. The molecule has 0 aromatic carbocycles.